The molecule has 1 aromatic heterocycles. The van der Waals surface area contributed by atoms with Crippen LogP contribution in [0.1, 0.15) is 48.5 Å². The lowest BCUT2D eigenvalue weighted by atomic mass is 10.1. The predicted octanol–water partition coefficient (Wildman–Crippen LogP) is 5.82. The van der Waals surface area contributed by atoms with Gasteiger partial charge in [0, 0.05) is 29.3 Å². The van der Waals surface area contributed by atoms with Crippen LogP contribution in [0.3, 0.4) is 0 Å². The second-order valence-corrected chi connectivity index (χ2v) is 7.10. The Labute approximate surface area is 176 Å². The van der Waals surface area contributed by atoms with E-state index in [4.69, 9.17) is 4.74 Å². The molecular weight excluding hydrogens is 379 g/mol. The van der Waals surface area contributed by atoms with E-state index in [0.29, 0.717) is 17.7 Å². The topological polar surface area (TPSA) is 51.2 Å². The summed E-state index contributed by atoms with van der Waals surface area (Å²) in [7, 11) is 0. The van der Waals surface area contributed by atoms with E-state index >= 15 is 0 Å². The molecule has 0 aliphatic carbocycles. The van der Waals surface area contributed by atoms with Crippen molar-refractivity contribution in [1.82, 2.24) is 10.3 Å². The normalized spacial score (nSPS) is 11.1. The number of allylic oxidation sites excluding steroid dienone is 1. The largest absolute Gasteiger partial charge is 0.486 e. The van der Waals surface area contributed by atoms with Crippen LogP contribution >= 0.6 is 0 Å². The number of fused-ring (bicyclic) bond motifs is 1. The molecule has 4 nitrogen and oxygen atoms in total. The van der Waals surface area contributed by atoms with E-state index in [1.54, 1.807) is 42.6 Å². The van der Waals surface area contributed by atoms with Gasteiger partial charge in [0.1, 0.15) is 6.61 Å². The summed E-state index contributed by atoms with van der Waals surface area (Å²) in [4.78, 5) is 16.7. The summed E-state index contributed by atoms with van der Waals surface area (Å²) in [6.07, 6.45) is 10.3. The van der Waals surface area contributed by atoms with Gasteiger partial charge in [-0.2, -0.15) is 0 Å². The lowest BCUT2D eigenvalue weighted by Crippen LogP contribution is -2.23. The van der Waals surface area contributed by atoms with Crippen LogP contribution in [0, 0.1) is 5.82 Å². The third-order valence-electron chi connectivity index (χ3n) is 4.82. The number of amides is 1. The van der Waals surface area contributed by atoms with Gasteiger partial charge in [-0.1, -0.05) is 50.1 Å². The van der Waals surface area contributed by atoms with E-state index in [1.807, 2.05) is 18.2 Å². The summed E-state index contributed by atoms with van der Waals surface area (Å²) in [5.41, 5.74) is 1.72. The number of pyridine rings is 1. The minimum Gasteiger partial charge on any atom is -0.486 e. The quantitative estimate of drug-likeness (QED) is 0.341. The fourth-order valence-electron chi connectivity index (χ4n) is 3.13. The molecule has 0 bridgehead atoms. The van der Waals surface area contributed by atoms with Crippen molar-refractivity contribution in [2.75, 3.05) is 6.61 Å². The Kier molecular flexibility index (Phi) is 7.95. The smallest absolute Gasteiger partial charge is 0.251 e. The van der Waals surface area contributed by atoms with Gasteiger partial charge in [-0.3, -0.25) is 9.78 Å². The van der Waals surface area contributed by atoms with E-state index in [1.165, 1.54) is 12.8 Å². The summed E-state index contributed by atoms with van der Waals surface area (Å²) in [5, 5.41) is 3.66. The van der Waals surface area contributed by atoms with Gasteiger partial charge in [-0.25, -0.2) is 4.39 Å². The van der Waals surface area contributed by atoms with Crippen LogP contribution < -0.4 is 10.1 Å². The molecule has 0 spiro atoms. The number of nitrogens with one attached hydrogen (secondary N) is 1. The van der Waals surface area contributed by atoms with Crippen LogP contribution in [0.5, 0.6) is 5.75 Å². The van der Waals surface area contributed by atoms with Gasteiger partial charge in [0.05, 0.1) is 5.52 Å². The van der Waals surface area contributed by atoms with Crippen LogP contribution in [0.4, 0.5) is 4.39 Å². The fraction of sp³-hybridized carbons (Fsp3) is 0.280. The number of rotatable bonds is 10. The first kappa shape index (κ1) is 21.5. The predicted molar refractivity (Wildman–Crippen MR) is 118 cm³/mol. The molecule has 0 saturated heterocycles. The number of carbonyl (C=O) groups excluding carboxylic acids is 1. The Morgan fingerprint density at radius 2 is 2.03 bits per heavy atom. The maximum atomic E-state index is 14.7. The van der Waals surface area contributed by atoms with Crippen molar-refractivity contribution in [3.8, 4) is 5.75 Å². The molecule has 0 fully saturated rings. The number of unbranched alkanes of at least 4 members (excludes halogenated alkanes) is 3. The molecule has 3 aromatic rings. The number of hydrogen-bond donors (Lipinski definition) is 1. The number of benzene rings is 2. The Morgan fingerprint density at radius 3 is 2.90 bits per heavy atom. The van der Waals surface area contributed by atoms with Crippen LogP contribution in [0.15, 0.2) is 66.9 Å². The highest BCUT2D eigenvalue weighted by molar-refractivity contribution is 5.97. The van der Waals surface area contributed by atoms with E-state index in [-0.39, 0.29) is 18.2 Å². The van der Waals surface area contributed by atoms with E-state index < -0.39 is 5.82 Å². The molecule has 156 valence electrons. The molecule has 2 aromatic carbocycles. The molecule has 30 heavy (non-hydrogen) atoms. The Balaban J connectivity index is 1.55. The van der Waals surface area contributed by atoms with Crippen LogP contribution in [0.25, 0.3) is 10.9 Å². The molecule has 3 rings (SSSR count). The van der Waals surface area contributed by atoms with Crippen molar-refractivity contribution in [3.05, 3.63) is 83.8 Å². The first-order valence-corrected chi connectivity index (χ1v) is 10.4. The Hall–Kier alpha value is -3.21. The van der Waals surface area contributed by atoms with Gasteiger partial charge in [0.2, 0.25) is 0 Å². The third-order valence-corrected chi connectivity index (χ3v) is 4.82. The van der Waals surface area contributed by atoms with Gasteiger partial charge in [0.15, 0.2) is 11.6 Å². The second-order valence-electron chi connectivity index (χ2n) is 7.10. The van der Waals surface area contributed by atoms with Gasteiger partial charge in [-0.15, -0.1) is 0 Å². The third kappa shape index (κ3) is 5.89. The van der Waals surface area contributed by atoms with Crippen LogP contribution in [-0.2, 0) is 6.54 Å². The maximum Gasteiger partial charge on any atom is 0.251 e. The van der Waals surface area contributed by atoms with Crippen molar-refractivity contribution in [3.63, 3.8) is 0 Å². The minimum absolute atomic E-state index is 0.0831. The van der Waals surface area contributed by atoms with Gasteiger partial charge >= 0.3 is 0 Å². The minimum atomic E-state index is -0.445. The zero-order valence-electron chi connectivity index (χ0n) is 17.2. The van der Waals surface area contributed by atoms with Crippen molar-refractivity contribution in [2.24, 2.45) is 0 Å². The lowest BCUT2D eigenvalue weighted by molar-refractivity contribution is 0.0950. The van der Waals surface area contributed by atoms with Crippen molar-refractivity contribution < 1.29 is 13.9 Å². The highest BCUT2D eigenvalue weighted by atomic mass is 19.1. The molecule has 0 aliphatic rings. The van der Waals surface area contributed by atoms with Gasteiger partial charge in [-0.05, 0) is 43.2 Å². The van der Waals surface area contributed by atoms with E-state index in [9.17, 15) is 9.18 Å². The molecule has 0 unspecified atom stereocenters. The first-order chi connectivity index (χ1) is 14.7. The first-order valence-electron chi connectivity index (χ1n) is 10.4. The zero-order chi connectivity index (χ0) is 21.2. The summed E-state index contributed by atoms with van der Waals surface area (Å²) >= 11 is 0. The number of carbonyl (C=O) groups is 1. The monoisotopic (exact) mass is 406 g/mol. The van der Waals surface area contributed by atoms with Gasteiger partial charge in [0.25, 0.3) is 5.91 Å². The number of ether oxygens (including phenoxy) is 1. The number of halogens is 1. The average Bonchev–Trinajstić information content (AvgIpc) is 2.78. The number of nitrogens with zero attached hydrogens (tertiary/aromatic N) is 1. The highest BCUT2D eigenvalue weighted by Gasteiger charge is 2.11. The zero-order valence-corrected chi connectivity index (χ0v) is 17.2. The molecule has 1 N–H and O–H groups in total. The van der Waals surface area contributed by atoms with Crippen molar-refractivity contribution >= 4 is 16.8 Å². The van der Waals surface area contributed by atoms with E-state index in [0.717, 1.165) is 23.7 Å². The van der Waals surface area contributed by atoms with Crippen LogP contribution in [-0.4, -0.2) is 17.5 Å². The fourth-order valence-corrected chi connectivity index (χ4v) is 3.13. The Bertz CT molecular complexity index is 1020. The van der Waals surface area contributed by atoms with E-state index in [2.05, 4.69) is 23.3 Å². The van der Waals surface area contributed by atoms with Gasteiger partial charge < -0.3 is 10.1 Å². The number of hydrogen-bond acceptors (Lipinski definition) is 3. The van der Waals surface area contributed by atoms with Crippen molar-refractivity contribution in [1.29, 1.82) is 0 Å². The van der Waals surface area contributed by atoms with Crippen molar-refractivity contribution in [2.45, 2.75) is 39.2 Å². The maximum absolute atomic E-state index is 14.7. The standard InChI is InChI=1S/C25H27FN2O2/c1-2-3-4-5-6-7-16-30-23-12-8-10-21(24(23)26)18-28-25(29)20-13-14-22-19(17-20)11-9-15-27-22/h6-15,17H,2-5,16,18H2,1H3,(H,28,29)/b7-6+. The summed E-state index contributed by atoms with van der Waals surface area (Å²) in [6.45, 7) is 2.58. The molecule has 5 heteroatoms. The highest BCUT2D eigenvalue weighted by Crippen LogP contribution is 2.21. The number of aromatic nitrogens is 1. The molecule has 1 heterocycles. The summed E-state index contributed by atoms with van der Waals surface area (Å²) in [6, 6.07) is 14.0. The SMILES string of the molecule is CCCCC/C=C/COc1cccc(CNC(=O)c2ccc3ncccc3c2)c1F. The molecule has 0 radical (unpaired) electrons. The average molecular weight is 407 g/mol. The molecule has 0 atom stereocenters. The Morgan fingerprint density at radius 1 is 1.13 bits per heavy atom. The molecule has 1 amide bonds. The lowest BCUT2D eigenvalue weighted by Gasteiger charge is -2.10. The summed E-state index contributed by atoms with van der Waals surface area (Å²) in [5.74, 6) is -0.516. The van der Waals surface area contributed by atoms with Crippen LogP contribution in [0.2, 0.25) is 0 Å². The molecule has 0 saturated carbocycles. The second kappa shape index (κ2) is 11.1. The molecular formula is C25H27FN2O2. The summed E-state index contributed by atoms with van der Waals surface area (Å²) < 4.78 is 20.2. The molecule has 0 aliphatic heterocycles.